The van der Waals surface area contributed by atoms with E-state index < -0.39 is 6.04 Å². The molecule has 1 N–H and O–H groups in total. The summed E-state index contributed by atoms with van der Waals surface area (Å²) in [6, 6.07) is 18.2. The summed E-state index contributed by atoms with van der Waals surface area (Å²) in [6.45, 7) is 2.27. The third-order valence-corrected chi connectivity index (χ3v) is 6.79. The lowest BCUT2D eigenvalue weighted by atomic mass is 9.94. The normalized spacial score (nSPS) is 16.0. The molecule has 0 aliphatic carbocycles. The molecule has 0 spiro atoms. The molecule has 2 aromatic carbocycles. The van der Waals surface area contributed by atoms with Gasteiger partial charge in [0.2, 0.25) is 5.82 Å². The van der Waals surface area contributed by atoms with Gasteiger partial charge in [-0.2, -0.15) is 4.98 Å². The first-order chi connectivity index (χ1) is 16.5. The zero-order valence-corrected chi connectivity index (χ0v) is 20.1. The fraction of sp³-hybridized carbons (Fsp3) is 0.160. The molecular formula is C25H21ClN4O3S. The van der Waals surface area contributed by atoms with Gasteiger partial charge in [-0.25, -0.2) is 4.79 Å². The minimum absolute atomic E-state index is 0.220. The summed E-state index contributed by atoms with van der Waals surface area (Å²) in [6.07, 6.45) is 0. The first kappa shape index (κ1) is 22.2. The molecule has 4 aromatic rings. The van der Waals surface area contributed by atoms with Crippen LogP contribution in [0.15, 0.2) is 76.3 Å². The molecule has 9 heteroatoms. The Bertz CT molecular complexity index is 1350. The number of amides is 2. The predicted octanol–water partition coefficient (Wildman–Crippen LogP) is 6.16. The highest BCUT2D eigenvalue weighted by Gasteiger charge is 2.36. The molecule has 1 aliphatic rings. The largest absolute Gasteiger partial charge is 0.497 e. The molecule has 3 heterocycles. The zero-order chi connectivity index (χ0) is 23.7. The van der Waals surface area contributed by atoms with Gasteiger partial charge in [-0.1, -0.05) is 47.1 Å². The third kappa shape index (κ3) is 4.30. The van der Waals surface area contributed by atoms with E-state index in [1.165, 1.54) is 11.3 Å². The molecule has 0 saturated heterocycles. The van der Waals surface area contributed by atoms with Gasteiger partial charge in [0, 0.05) is 10.7 Å². The number of methoxy groups -OCH3 is 1. The lowest BCUT2D eigenvalue weighted by molar-refractivity contribution is 0.203. The molecule has 1 unspecified atom stereocenters. The van der Waals surface area contributed by atoms with Gasteiger partial charge in [0.25, 0.3) is 5.89 Å². The average Bonchev–Trinajstić information content (AvgIpc) is 3.55. The van der Waals surface area contributed by atoms with Gasteiger partial charge in [-0.15, -0.1) is 11.3 Å². The Morgan fingerprint density at radius 2 is 2.00 bits per heavy atom. The standard InChI is InChI=1S/C25H21ClN4O3S/c1-15-21(24-28-23(29-33-24)20-7-4-12-34-20)22(17-5-3-6-19(13-17)32-2)27-25(31)30(15)14-16-8-10-18(26)11-9-16/h3-13,22H,14H2,1-2H3,(H,27,31). The number of urea groups is 1. The summed E-state index contributed by atoms with van der Waals surface area (Å²) in [7, 11) is 1.61. The fourth-order valence-corrected chi connectivity index (χ4v) is 4.71. The van der Waals surface area contributed by atoms with E-state index in [4.69, 9.17) is 20.9 Å². The molecule has 0 radical (unpaired) electrons. The van der Waals surface area contributed by atoms with E-state index in [0.29, 0.717) is 29.0 Å². The molecule has 34 heavy (non-hydrogen) atoms. The van der Waals surface area contributed by atoms with Gasteiger partial charge in [0.1, 0.15) is 5.75 Å². The van der Waals surface area contributed by atoms with E-state index in [1.54, 1.807) is 12.0 Å². The van der Waals surface area contributed by atoms with E-state index in [0.717, 1.165) is 27.3 Å². The van der Waals surface area contributed by atoms with Crippen LogP contribution in [0.25, 0.3) is 16.3 Å². The van der Waals surface area contributed by atoms with Crippen LogP contribution in [0.1, 0.15) is 30.0 Å². The number of halogens is 1. The van der Waals surface area contributed by atoms with E-state index in [2.05, 4.69) is 15.5 Å². The molecule has 0 bridgehead atoms. The topological polar surface area (TPSA) is 80.5 Å². The van der Waals surface area contributed by atoms with E-state index >= 15 is 0 Å². The number of nitrogens with one attached hydrogen (secondary N) is 1. The second kappa shape index (κ2) is 9.32. The Kier molecular flexibility index (Phi) is 6.08. The highest BCUT2D eigenvalue weighted by atomic mass is 35.5. The molecule has 1 aliphatic heterocycles. The molecule has 0 fully saturated rings. The minimum atomic E-state index is -0.485. The van der Waals surface area contributed by atoms with Gasteiger partial charge in [-0.05, 0) is 53.8 Å². The number of carbonyl (C=O) groups is 1. The number of carbonyl (C=O) groups excluding carboxylic acids is 1. The maximum atomic E-state index is 13.2. The van der Waals surface area contributed by atoms with Crippen molar-refractivity contribution in [1.82, 2.24) is 20.4 Å². The summed E-state index contributed by atoms with van der Waals surface area (Å²) >= 11 is 7.57. The van der Waals surface area contributed by atoms with Crippen LogP contribution in [0.3, 0.4) is 0 Å². The molecule has 7 nitrogen and oxygen atoms in total. The van der Waals surface area contributed by atoms with Gasteiger partial charge < -0.3 is 14.6 Å². The van der Waals surface area contributed by atoms with E-state index in [9.17, 15) is 4.79 Å². The lowest BCUT2D eigenvalue weighted by Gasteiger charge is -2.35. The smallest absolute Gasteiger partial charge is 0.322 e. The van der Waals surface area contributed by atoms with Crippen LogP contribution in [0, 0.1) is 0 Å². The van der Waals surface area contributed by atoms with E-state index in [-0.39, 0.29) is 6.03 Å². The number of hydrogen-bond acceptors (Lipinski definition) is 6. The number of benzene rings is 2. The Balaban J connectivity index is 1.60. The Morgan fingerprint density at radius 1 is 1.18 bits per heavy atom. The molecule has 2 amide bonds. The molecule has 172 valence electrons. The summed E-state index contributed by atoms with van der Waals surface area (Å²) in [5, 5.41) is 9.90. The van der Waals surface area contributed by atoms with Gasteiger partial charge in [-0.3, -0.25) is 4.90 Å². The number of nitrogens with zero attached hydrogens (tertiary/aromatic N) is 3. The van der Waals surface area contributed by atoms with Gasteiger partial charge in [0.15, 0.2) is 0 Å². The molecule has 0 saturated carbocycles. The average molecular weight is 493 g/mol. The van der Waals surface area contributed by atoms with Crippen molar-refractivity contribution in [2.45, 2.75) is 19.5 Å². The minimum Gasteiger partial charge on any atom is -0.497 e. The molecule has 1 atom stereocenters. The zero-order valence-electron chi connectivity index (χ0n) is 18.5. The van der Waals surface area contributed by atoms with Crippen LogP contribution >= 0.6 is 22.9 Å². The Labute approximate surface area is 205 Å². The van der Waals surface area contributed by atoms with Crippen molar-refractivity contribution in [2.75, 3.05) is 7.11 Å². The van der Waals surface area contributed by atoms with Crippen molar-refractivity contribution in [3.63, 3.8) is 0 Å². The van der Waals surface area contributed by atoms with Crippen molar-refractivity contribution in [3.05, 3.63) is 93.8 Å². The third-order valence-electron chi connectivity index (χ3n) is 5.68. The number of rotatable bonds is 6. The van der Waals surface area contributed by atoms with Crippen LogP contribution in [-0.2, 0) is 6.54 Å². The first-order valence-corrected chi connectivity index (χ1v) is 11.8. The Morgan fingerprint density at radius 3 is 2.74 bits per heavy atom. The van der Waals surface area contributed by atoms with Crippen LogP contribution in [0.2, 0.25) is 5.02 Å². The number of allylic oxidation sites excluding steroid dienone is 1. The van der Waals surface area contributed by atoms with Crippen molar-refractivity contribution in [1.29, 1.82) is 0 Å². The van der Waals surface area contributed by atoms with Gasteiger partial charge >= 0.3 is 6.03 Å². The second-order valence-corrected chi connectivity index (χ2v) is 9.16. The summed E-state index contributed by atoms with van der Waals surface area (Å²) in [5.74, 6) is 1.56. The SMILES string of the molecule is COc1cccc(C2NC(=O)N(Cc3ccc(Cl)cc3)C(C)=C2c2nc(-c3cccs3)no2)c1. The highest BCUT2D eigenvalue weighted by molar-refractivity contribution is 7.13. The van der Waals surface area contributed by atoms with Crippen LogP contribution in [0.5, 0.6) is 5.75 Å². The van der Waals surface area contributed by atoms with Crippen LogP contribution in [0.4, 0.5) is 4.79 Å². The fourth-order valence-electron chi connectivity index (χ4n) is 3.93. The maximum absolute atomic E-state index is 13.2. The second-order valence-electron chi connectivity index (χ2n) is 7.77. The van der Waals surface area contributed by atoms with Crippen LogP contribution in [-0.4, -0.2) is 28.2 Å². The quantitative estimate of drug-likeness (QED) is 0.348. The Hall–Kier alpha value is -3.62. The summed E-state index contributed by atoms with van der Waals surface area (Å²) in [5.41, 5.74) is 3.26. The predicted molar refractivity (Wildman–Crippen MR) is 131 cm³/mol. The maximum Gasteiger partial charge on any atom is 0.322 e. The number of thiophene rings is 1. The number of hydrogen-bond donors (Lipinski definition) is 1. The number of ether oxygens (including phenoxy) is 1. The van der Waals surface area contributed by atoms with Gasteiger partial charge in [0.05, 0.1) is 30.1 Å². The van der Waals surface area contributed by atoms with Crippen molar-refractivity contribution >= 4 is 34.5 Å². The summed E-state index contributed by atoms with van der Waals surface area (Å²) in [4.78, 5) is 20.5. The molecule has 5 rings (SSSR count). The van der Waals surface area contributed by atoms with E-state index in [1.807, 2.05) is 73.0 Å². The van der Waals surface area contributed by atoms with Crippen LogP contribution < -0.4 is 10.1 Å². The molecular weight excluding hydrogens is 472 g/mol. The summed E-state index contributed by atoms with van der Waals surface area (Å²) < 4.78 is 11.1. The lowest BCUT2D eigenvalue weighted by Crippen LogP contribution is -2.45. The molecule has 2 aromatic heterocycles. The monoisotopic (exact) mass is 492 g/mol. The highest BCUT2D eigenvalue weighted by Crippen LogP contribution is 2.39. The number of aromatic nitrogens is 2. The van der Waals surface area contributed by atoms with Crippen molar-refractivity contribution < 1.29 is 14.1 Å². The van der Waals surface area contributed by atoms with Crippen molar-refractivity contribution in [3.8, 4) is 16.5 Å². The van der Waals surface area contributed by atoms with Crippen molar-refractivity contribution in [2.24, 2.45) is 0 Å². The first-order valence-electron chi connectivity index (χ1n) is 10.6.